The molecule has 0 aliphatic heterocycles. The summed E-state index contributed by atoms with van der Waals surface area (Å²) >= 11 is 11.8. The van der Waals surface area contributed by atoms with E-state index in [9.17, 15) is 4.79 Å². The molecule has 0 bridgehead atoms. The summed E-state index contributed by atoms with van der Waals surface area (Å²) in [6, 6.07) is 11.3. The standard InChI is InChI=1S/C19H14Cl2N6O/c20-15-7-5-13(9-16(15)21)27-19(28)26-12-3-1-2-11(8-12)4-6-14-17(22)24-10-25-18(14)23/h1-3,5,7-10H,(H2,26,27,28)(H4,22,23,24,25). The molecule has 7 nitrogen and oxygen atoms in total. The quantitative estimate of drug-likeness (QED) is 0.474. The van der Waals surface area contributed by atoms with Crippen molar-refractivity contribution in [3.05, 3.63) is 70.0 Å². The van der Waals surface area contributed by atoms with Crippen molar-refractivity contribution >= 4 is 52.2 Å². The van der Waals surface area contributed by atoms with Crippen LogP contribution in [0.15, 0.2) is 48.8 Å². The molecule has 0 fully saturated rings. The molecule has 0 radical (unpaired) electrons. The Morgan fingerprint density at radius 3 is 2.25 bits per heavy atom. The van der Waals surface area contributed by atoms with Crippen molar-refractivity contribution in [1.82, 2.24) is 9.97 Å². The van der Waals surface area contributed by atoms with E-state index in [0.717, 1.165) is 0 Å². The number of carbonyl (C=O) groups excluding carboxylic acids is 1. The van der Waals surface area contributed by atoms with Crippen LogP contribution in [-0.4, -0.2) is 16.0 Å². The molecule has 2 amide bonds. The van der Waals surface area contributed by atoms with Crippen LogP contribution in [0.4, 0.5) is 27.8 Å². The molecule has 0 saturated carbocycles. The summed E-state index contributed by atoms with van der Waals surface area (Å²) in [5, 5.41) is 6.14. The molecule has 3 rings (SSSR count). The SMILES string of the molecule is Nc1ncnc(N)c1C#Cc1cccc(NC(=O)Nc2ccc(Cl)c(Cl)c2)c1. The van der Waals surface area contributed by atoms with Crippen LogP contribution in [0, 0.1) is 11.8 Å². The Balaban J connectivity index is 1.72. The number of carbonyl (C=O) groups is 1. The van der Waals surface area contributed by atoms with Gasteiger partial charge in [-0.25, -0.2) is 14.8 Å². The Morgan fingerprint density at radius 2 is 1.57 bits per heavy atom. The average molecular weight is 413 g/mol. The number of hydrogen-bond acceptors (Lipinski definition) is 5. The van der Waals surface area contributed by atoms with Gasteiger partial charge in [0.15, 0.2) is 0 Å². The van der Waals surface area contributed by atoms with E-state index in [1.54, 1.807) is 42.5 Å². The molecule has 9 heteroatoms. The molecule has 0 atom stereocenters. The van der Waals surface area contributed by atoms with E-state index in [1.807, 2.05) is 0 Å². The summed E-state index contributed by atoms with van der Waals surface area (Å²) in [6.07, 6.45) is 1.27. The lowest BCUT2D eigenvalue weighted by atomic mass is 10.2. The fourth-order valence-electron chi connectivity index (χ4n) is 2.22. The van der Waals surface area contributed by atoms with Crippen molar-refractivity contribution in [3.8, 4) is 11.8 Å². The summed E-state index contributed by atoms with van der Waals surface area (Å²) in [5.41, 5.74) is 13.6. The van der Waals surface area contributed by atoms with Gasteiger partial charge < -0.3 is 22.1 Å². The second-order valence-electron chi connectivity index (χ2n) is 5.56. The minimum atomic E-state index is -0.437. The van der Waals surface area contributed by atoms with Crippen LogP contribution in [0.3, 0.4) is 0 Å². The Labute approximate surface area is 171 Å². The van der Waals surface area contributed by atoms with E-state index in [-0.39, 0.29) is 11.6 Å². The second kappa shape index (κ2) is 8.48. The molecule has 1 heterocycles. The van der Waals surface area contributed by atoms with Crippen molar-refractivity contribution in [1.29, 1.82) is 0 Å². The molecule has 0 aliphatic carbocycles. The van der Waals surface area contributed by atoms with E-state index in [1.165, 1.54) is 6.33 Å². The predicted molar refractivity (Wildman–Crippen MR) is 112 cm³/mol. The fraction of sp³-hybridized carbons (Fsp3) is 0. The predicted octanol–water partition coefficient (Wildman–Crippen LogP) is 3.99. The monoisotopic (exact) mass is 412 g/mol. The topological polar surface area (TPSA) is 119 Å². The maximum absolute atomic E-state index is 12.2. The number of benzene rings is 2. The number of nitrogen functional groups attached to an aromatic ring is 2. The third-order valence-electron chi connectivity index (χ3n) is 3.54. The van der Waals surface area contributed by atoms with Crippen LogP contribution in [-0.2, 0) is 0 Å². The molecule has 0 spiro atoms. The number of halogens is 2. The highest BCUT2D eigenvalue weighted by atomic mass is 35.5. The normalized spacial score (nSPS) is 9.93. The highest BCUT2D eigenvalue weighted by molar-refractivity contribution is 6.42. The summed E-state index contributed by atoms with van der Waals surface area (Å²) < 4.78 is 0. The van der Waals surface area contributed by atoms with Crippen molar-refractivity contribution < 1.29 is 4.79 Å². The maximum Gasteiger partial charge on any atom is 0.323 e. The first-order chi connectivity index (χ1) is 13.4. The lowest BCUT2D eigenvalue weighted by molar-refractivity contribution is 0.262. The van der Waals surface area contributed by atoms with E-state index < -0.39 is 6.03 Å². The van der Waals surface area contributed by atoms with Gasteiger partial charge in [-0.1, -0.05) is 41.1 Å². The first kappa shape index (κ1) is 19.3. The Bertz CT molecular complexity index is 1090. The zero-order valence-corrected chi connectivity index (χ0v) is 15.8. The third-order valence-corrected chi connectivity index (χ3v) is 4.27. The van der Waals surface area contributed by atoms with Gasteiger partial charge in [-0.15, -0.1) is 0 Å². The fourth-order valence-corrected chi connectivity index (χ4v) is 2.52. The highest BCUT2D eigenvalue weighted by Gasteiger charge is 2.06. The number of hydrogen-bond donors (Lipinski definition) is 4. The van der Waals surface area contributed by atoms with Gasteiger partial charge in [0.1, 0.15) is 23.5 Å². The number of urea groups is 1. The van der Waals surface area contributed by atoms with Gasteiger partial charge in [-0.05, 0) is 36.4 Å². The number of nitrogens with zero attached hydrogens (tertiary/aromatic N) is 2. The van der Waals surface area contributed by atoms with Gasteiger partial charge in [0.25, 0.3) is 0 Å². The molecule has 0 saturated heterocycles. The molecule has 2 aromatic carbocycles. The van der Waals surface area contributed by atoms with E-state index in [0.29, 0.717) is 32.5 Å². The third kappa shape index (κ3) is 4.82. The summed E-state index contributed by atoms with van der Waals surface area (Å²) in [5.74, 6) is 6.18. The Kier molecular flexibility index (Phi) is 5.84. The minimum absolute atomic E-state index is 0.204. The second-order valence-corrected chi connectivity index (χ2v) is 6.37. The number of anilines is 4. The molecule has 0 aliphatic rings. The molecular weight excluding hydrogens is 399 g/mol. The van der Waals surface area contributed by atoms with Crippen molar-refractivity contribution in [3.63, 3.8) is 0 Å². The largest absolute Gasteiger partial charge is 0.382 e. The molecule has 0 unspecified atom stereocenters. The van der Waals surface area contributed by atoms with Crippen LogP contribution >= 0.6 is 23.2 Å². The van der Waals surface area contributed by atoms with Crippen LogP contribution in [0.1, 0.15) is 11.1 Å². The summed E-state index contributed by atoms with van der Waals surface area (Å²) in [4.78, 5) is 19.9. The number of nitrogens with one attached hydrogen (secondary N) is 2. The van der Waals surface area contributed by atoms with Gasteiger partial charge in [0.05, 0.1) is 10.0 Å². The van der Waals surface area contributed by atoms with E-state index in [4.69, 9.17) is 34.7 Å². The Morgan fingerprint density at radius 1 is 0.893 bits per heavy atom. The first-order valence-electron chi connectivity index (χ1n) is 7.93. The molecule has 28 heavy (non-hydrogen) atoms. The molecule has 140 valence electrons. The van der Waals surface area contributed by atoms with E-state index in [2.05, 4.69) is 32.4 Å². The van der Waals surface area contributed by atoms with Crippen molar-refractivity contribution in [2.75, 3.05) is 22.1 Å². The highest BCUT2D eigenvalue weighted by Crippen LogP contribution is 2.25. The van der Waals surface area contributed by atoms with Crippen LogP contribution < -0.4 is 22.1 Å². The van der Waals surface area contributed by atoms with Crippen molar-refractivity contribution in [2.45, 2.75) is 0 Å². The molecule has 1 aromatic heterocycles. The van der Waals surface area contributed by atoms with Gasteiger partial charge in [0, 0.05) is 16.9 Å². The van der Waals surface area contributed by atoms with Gasteiger partial charge in [0.2, 0.25) is 0 Å². The zero-order valence-electron chi connectivity index (χ0n) is 14.3. The average Bonchev–Trinajstić information content (AvgIpc) is 2.64. The van der Waals surface area contributed by atoms with Gasteiger partial charge in [-0.3, -0.25) is 0 Å². The number of aromatic nitrogens is 2. The summed E-state index contributed by atoms with van der Waals surface area (Å²) in [6.45, 7) is 0. The summed E-state index contributed by atoms with van der Waals surface area (Å²) in [7, 11) is 0. The van der Waals surface area contributed by atoms with Crippen LogP contribution in [0.25, 0.3) is 0 Å². The number of rotatable bonds is 2. The van der Waals surface area contributed by atoms with Crippen LogP contribution in [0.5, 0.6) is 0 Å². The smallest absolute Gasteiger partial charge is 0.323 e. The molecular formula is C19H14Cl2N6O. The van der Waals surface area contributed by atoms with Gasteiger partial charge >= 0.3 is 6.03 Å². The molecule has 3 aromatic rings. The van der Waals surface area contributed by atoms with E-state index >= 15 is 0 Å². The maximum atomic E-state index is 12.2. The lowest BCUT2D eigenvalue weighted by Gasteiger charge is -2.08. The van der Waals surface area contributed by atoms with Crippen LogP contribution in [0.2, 0.25) is 10.0 Å². The number of nitrogens with two attached hydrogens (primary N) is 2. The lowest BCUT2D eigenvalue weighted by Crippen LogP contribution is -2.19. The zero-order chi connectivity index (χ0) is 20.1. The Hall–Kier alpha value is -3.47. The first-order valence-corrected chi connectivity index (χ1v) is 8.69. The minimum Gasteiger partial charge on any atom is -0.382 e. The number of amides is 2. The van der Waals surface area contributed by atoms with Gasteiger partial charge in [-0.2, -0.15) is 0 Å². The van der Waals surface area contributed by atoms with Crippen molar-refractivity contribution in [2.24, 2.45) is 0 Å². The molecule has 6 N–H and O–H groups in total.